The third-order valence-corrected chi connectivity index (χ3v) is 5.55. The van der Waals surface area contributed by atoms with E-state index < -0.39 is 36.2 Å². The van der Waals surface area contributed by atoms with E-state index in [4.69, 9.17) is 23.2 Å². The van der Waals surface area contributed by atoms with Crippen molar-refractivity contribution in [2.24, 2.45) is 5.92 Å². The zero-order chi connectivity index (χ0) is 21.4. The molecule has 29 heavy (non-hydrogen) atoms. The summed E-state index contributed by atoms with van der Waals surface area (Å²) in [4.78, 5) is 47.8. The Morgan fingerprint density at radius 1 is 1.10 bits per heavy atom. The second kappa shape index (κ2) is 11.2. The average Bonchev–Trinajstić information content (AvgIpc) is 3.15. The molecular weight excluding hydrogens is 419 g/mol. The molecule has 0 saturated heterocycles. The van der Waals surface area contributed by atoms with Gasteiger partial charge in [-0.05, 0) is 37.0 Å². The van der Waals surface area contributed by atoms with Gasteiger partial charge in [0.2, 0.25) is 11.8 Å². The number of carbonyl (C=O) groups excluding carboxylic acids is 4. The van der Waals surface area contributed by atoms with Gasteiger partial charge in [0.05, 0.1) is 22.6 Å². The molecule has 7 nitrogen and oxygen atoms in total. The number of ether oxygens (including phenoxy) is 1. The highest BCUT2D eigenvalue weighted by atomic mass is 35.5. The first-order valence-electron chi connectivity index (χ1n) is 9.55. The van der Waals surface area contributed by atoms with Crippen LogP contribution in [0.15, 0.2) is 18.2 Å². The predicted molar refractivity (Wildman–Crippen MR) is 109 cm³/mol. The van der Waals surface area contributed by atoms with Crippen molar-refractivity contribution in [3.8, 4) is 0 Å². The highest BCUT2D eigenvalue weighted by molar-refractivity contribution is 6.42. The van der Waals surface area contributed by atoms with Crippen molar-refractivity contribution in [1.82, 2.24) is 10.6 Å². The molecule has 9 heteroatoms. The van der Waals surface area contributed by atoms with Gasteiger partial charge < -0.3 is 4.74 Å². The Kier molecular flexibility index (Phi) is 8.92. The number of imide groups is 2. The molecule has 1 aliphatic carbocycles. The minimum atomic E-state index is -0.985. The van der Waals surface area contributed by atoms with Gasteiger partial charge in [-0.25, -0.2) is 4.79 Å². The summed E-state index contributed by atoms with van der Waals surface area (Å²) in [6.07, 6.45) is 4.23. The number of hydrogen-bond donors (Lipinski definition) is 2. The molecule has 1 saturated carbocycles. The SMILES string of the molecule is CCOC(=O)CC(=O)NC(=O)NC(=O)C(CC1CCCC1)c1ccc(Cl)c(Cl)c1. The van der Waals surface area contributed by atoms with E-state index in [1.807, 2.05) is 5.32 Å². The van der Waals surface area contributed by atoms with Crippen LogP contribution in [0.1, 0.15) is 56.9 Å². The predicted octanol–water partition coefficient (Wildman–Crippen LogP) is 3.96. The lowest BCUT2D eigenvalue weighted by atomic mass is 9.87. The number of rotatable bonds is 7. The van der Waals surface area contributed by atoms with Crippen LogP contribution in [0.5, 0.6) is 0 Å². The first-order valence-corrected chi connectivity index (χ1v) is 10.3. The first-order chi connectivity index (χ1) is 13.8. The quantitative estimate of drug-likeness (QED) is 0.491. The Morgan fingerprint density at radius 2 is 1.79 bits per heavy atom. The van der Waals surface area contributed by atoms with Gasteiger partial charge in [0.15, 0.2) is 0 Å². The molecule has 0 radical (unpaired) electrons. The smallest absolute Gasteiger partial charge is 0.328 e. The lowest BCUT2D eigenvalue weighted by Gasteiger charge is -2.20. The third kappa shape index (κ3) is 7.33. The average molecular weight is 443 g/mol. The molecule has 1 atom stereocenters. The summed E-state index contributed by atoms with van der Waals surface area (Å²) >= 11 is 12.1. The van der Waals surface area contributed by atoms with Gasteiger partial charge in [0.1, 0.15) is 6.42 Å². The molecular formula is C20H24Cl2N2O5. The number of benzene rings is 1. The van der Waals surface area contributed by atoms with E-state index in [1.54, 1.807) is 25.1 Å². The fraction of sp³-hybridized carbons (Fsp3) is 0.500. The van der Waals surface area contributed by atoms with Gasteiger partial charge >= 0.3 is 12.0 Å². The van der Waals surface area contributed by atoms with Crippen molar-refractivity contribution in [3.63, 3.8) is 0 Å². The highest BCUT2D eigenvalue weighted by Gasteiger charge is 2.28. The summed E-state index contributed by atoms with van der Waals surface area (Å²) in [7, 11) is 0. The zero-order valence-electron chi connectivity index (χ0n) is 16.1. The molecule has 1 aliphatic rings. The van der Waals surface area contributed by atoms with Crippen molar-refractivity contribution >= 4 is 47.0 Å². The number of amides is 4. The summed E-state index contributed by atoms with van der Waals surface area (Å²) in [5.74, 6) is -2.39. The maximum Gasteiger partial charge on any atom is 0.328 e. The van der Waals surface area contributed by atoms with Crippen LogP contribution in [0.4, 0.5) is 4.79 Å². The molecule has 0 heterocycles. The van der Waals surface area contributed by atoms with Gasteiger partial charge in [-0.3, -0.25) is 25.0 Å². The van der Waals surface area contributed by atoms with Gasteiger partial charge in [-0.15, -0.1) is 0 Å². The van der Waals surface area contributed by atoms with E-state index in [0.29, 0.717) is 27.9 Å². The summed E-state index contributed by atoms with van der Waals surface area (Å²) in [6, 6.07) is 3.95. The van der Waals surface area contributed by atoms with Crippen molar-refractivity contribution in [1.29, 1.82) is 0 Å². The van der Waals surface area contributed by atoms with E-state index in [1.165, 1.54) is 0 Å². The Bertz CT molecular complexity index is 778. The van der Waals surface area contributed by atoms with Gasteiger partial charge in [-0.2, -0.15) is 0 Å². The summed E-state index contributed by atoms with van der Waals surface area (Å²) < 4.78 is 4.64. The van der Waals surface area contributed by atoms with Crippen molar-refractivity contribution in [3.05, 3.63) is 33.8 Å². The molecule has 158 valence electrons. The lowest BCUT2D eigenvalue weighted by Crippen LogP contribution is -2.45. The number of carbonyl (C=O) groups is 4. The zero-order valence-corrected chi connectivity index (χ0v) is 17.6. The molecule has 1 aromatic carbocycles. The Balaban J connectivity index is 2.04. The Hall–Kier alpha value is -2.12. The molecule has 1 unspecified atom stereocenters. The van der Waals surface area contributed by atoms with Crippen LogP contribution in [0, 0.1) is 5.92 Å². The Labute approximate surface area is 179 Å². The summed E-state index contributed by atoms with van der Waals surface area (Å²) in [5.41, 5.74) is 0.648. The van der Waals surface area contributed by atoms with Gasteiger partial charge in [0.25, 0.3) is 0 Å². The minimum Gasteiger partial charge on any atom is -0.466 e. The monoisotopic (exact) mass is 442 g/mol. The Morgan fingerprint density at radius 3 is 2.41 bits per heavy atom. The van der Waals surface area contributed by atoms with Crippen molar-refractivity contribution in [2.75, 3.05) is 6.61 Å². The molecule has 0 spiro atoms. The van der Waals surface area contributed by atoms with E-state index in [0.717, 1.165) is 25.7 Å². The highest BCUT2D eigenvalue weighted by Crippen LogP contribution is 2.36. The summed E-state index contributed by atoms with van der Waals surface area (Å²) in [5, 5.41) is 4.84. The van der Waals surface area contributed by atoms with Crippen LogP contribution in [0.3, 0.4) is 0 Å². The normalized spacial score (nSPS) is 14.9. The molecule has 0 aliphatic heterocycles. The van der Waals surface area contributed by atoms with E-state index in [9.17, 15) is 19.2 Å². The number of esters is 1. The molecule has 2 rings (SSSR count). The largest absolute Gasteiger partial charge is 0.466 e. The molecule has 2 N–H and O–H groups in total. The molecule has 4 amide bonds. The number of hydrogen-bond acceptors (Lipinski definition) is 5. The van der Waals surface area contributed by atoms with E-state index in [-0.39, 0.29) is 6.61 Å². The number of halogens is 2. The van der Waals surface area contributed by atoms with Crippen LogP contribution >= 0.6 is 23.2 Å². The fourth-order valence-electron chi connectivity index (χ4n) is 3.45. The second-order valence-electron chi connectivity index (χ2n) is 6.96. The molecule has 1 aromatic rings. The standard InChI is InChI=1S/C20H24Cl2N2O5/c1-2-29-18(26)11-17(25)23-20(28)24-19(27)14(9-12-5-3-4-6-12)13-7-8-15(21)16(22)10-13/h7-8,10,12,14H,2-6,9,11H2,1H3,(H2,23,24,25,27,28). The summed E-state index contributed by atoms with van der Waals surface area (Å²) in [6.45, 7) is 1.73. The maximum absolute atomic E-state index is 12.8. The number of urea groups is 1. The van der Waals surface area contributed by atoms with Crippen LogP contribution in [-0.4, -0.2) is 30.4 Å². The van der Waals surface area contributed by atoms with Gasteiger partial charge in [0, 0.05) is 0 Å². The fourth-order valence-corrected chi connectivity index (χ4v) is 3.75. The van der Waals surface area contributed by atoms with Crippen molar-refractivity contribution in [2.45, 2.75) is 51.4 Å². The van der Waals surface area contributed by atoms with Crippen molar-refractivity contribution < 1.29 is 23.9 Å². The van der Waals surface area contributed by atoms with Gasteiger partial charge in [-0.1, -0.05) is 55.0 Å². The van der Waals surface area contributed by atoms with Crippen LogP contribution in [-0.2, 0) is 19.1 Å². The van der Waals surface area contributed by atoms with E-state index >= 15 is 0 Å². The maximum atomic E-state index is 12.8. The van der Waals surface area contributed by atoms with Crippen LogP contribution in [0.25, 0.3) is 0 Å². The number of nitrogens with one attached hydrogen (secondary N) is 2. The molecule has 1 fully saturated rings. The third-order valence-electron chi connectivity index (χ3n) is 4.81. The minimum absolute atomic E-state index is 0.128. The second-order valence-corrected chi connectivity index (χ2v) is 7.78. The topological polar surface area (TPSA) is 102 Å². The lowest BCUT2D eigenvalue weighted by molar-refractivity contribution is -0.145. The van der Waals surface area contributed by atoms with Crippen LogP contribution < -0.4 is 10.6 Å². The molecule has 0 bridgehead atoms. The first kappa shape index (κ1) is 23.2. The van der Waals surface area contributed by atoms with Crippen LogP contribution in [0.2, 0.25) is 10.0 Å². The van der Waals surface area contributed by atoms with E-state index in [2.05, 4.69) is 10.1 Å². The molecule has 0 aromatic heterocycles.